The zero-order chi connectivity index (χ0) is 10.6. The van der Waals surface area contributed by atoms with E-state index in [-0.39, 0.29) is 0 Å². The summed E-state index contributed by atoms with van der Waals surface area (Å²) in [6.07, 6.45) is 1.61. The molecule has 76 valence electrons. The van der Waals surface area contributed by atoms with Gasteiger partial charge in [0.25, 0.3) is 0 Å². The van der Waals surface area contributed by atoms with Crippen LogP contribution >= 0.6 is 15.9 Å². The van der Waals surface area contributed by atoms with E-state index in [1.165, 1.54) is 0 Å². The first-order chi connectivity index (χ1) is 6.62. The molecule has 4 heteroatoms. The van der Waals surface area contributed by atoms with Crippen LogP contribution in [0.2, 0.25) is 0 Å². The Hall–Kier alpha value is -0.610. The fourth-order valence-corrected chi connectivity index (χ4v) is 3.56. The molecule has 0 saturated carbocycles. The Kier molecular flexibility index (Phi) is 3.89. The second-order valence-corrected chi connectivity index (χ2v) is 5.27. The summed E-state index contributed by atoms with van der Waals surface area (Å²) in [5.41, 5.74) is 0. The quantitative estimate of drug-likeness (QED) is 0.795. The summed E-state index contributed by atoms with van der Waals surface area (Å²) in [7, 11) is -3.29. The van der Waals surface area contributed by atoms with Crippen molar-refractivity contribution in [1.29, 1.82) is 0 Å². The van der Waals surface area contributed by atoms with E-state index < -0.39 is 9.84 Å². The summed E-state index contributed by atoms with van der Waals surface area (Å²) in [6, 6.07) is 8.42. The van der Waals surface area contributed by atoms with Gasteiger partial charge in [-0.2, -0.15) is 0 Å². The van der Waals surface area contributed by atoms with Crippen molar-refractivity contribution in [3.63, 3.8) is 0 Å². The molecule has 0 heterocycles. The molecule has 0 unspecified atom stereocenters. The lowest BCUT2D eigenvalue weighted by Crippen LogP contribution is -2.05. The minimum atomic E-state index is -3.29. The molecule has 14 heavy (non-hydrogen) atoms. The highest BCUT2D eigenvalue weighted by Gasteiger charge is 2.17. The van der Waals surface area contributed by atoms with E-state index in [2.05, 4.69) is 15.9 Å². The van der Waals surface area contributed by atoms with Gasteiger partial charge >= 0.3 is 0 Å². The van der Waals surface area contributed by atoms with Crippen LogP contribution in [0.1, 0.15) is 6.92 Å². The molecular weight excluding hydrogens is 264 g/mol. The number of rotatable bonds is 3. The van der Waals surface area contributed by atoms with E-state index in [0.29, 0.717) is 15.1 Å². The first-order valence-electron chi connectivity index (χ1n) is 4.14. The van der Waals surface area contributed by atoms with Crippen LogP contribution in [0.3, 0.4) is 0 Å². The Morgan fingerprint density at radius 3 is 2.36 bits per heavy atom. The van der Waals surface area contributed by atoms with Crippen molar-refractivity contribution >= 4 is 25.8 Å². The third-order valence-electron chi connectivity index (χ3n) is 1.85. The van der Waals surface area contributed by atoms with Gasteiger partial charge in [0.2, 0.25) is 9.84 Å². The van der Waals surface area contributed by atoms with Gasteiger partial charge in [-0.3, -0.25) is 0 Å². The van der Waals surface area contributed by atoms with Crippen molar-refractivity contribution < 1.29 is 8.42 Å². The van der Waals surface area contributed by atoms with Gasteiger partial charge in [0.15, 0.2) is 0 Å². The van der Waals surface area contributed by atoms with Crippen LogP contribution < -0.4 is 0 Å². The summed E-state index contributed by atoms with van der Waals surface area (Å²) in [5, 5.41) is 0.348. The van der Waals surface area contributed by atoms with Crippen LogP contribution in [0.5, 0.6) is 0 Å². The van der Waals surface area contributed by atoms with Gasteiger partial charge in [0, 0.05) is 5.33 Å². The summed E-state index contributed by atoms with van der Waals surface area (Å²) in [5.74, 6) is 0. The standard InChI is InChI=1S/C10H11BrO2S/c1-2-9(8-11)14(12,13)10-6-4-3-5-7-10/h2-7H,8H2,1H3/b9-2+. The van der Waals surface area contributed by atoms with E-state index in [1.54, 1.807) is 43.3 Å². The molecule has 0 atom stereocenters. The first-order valence-corrected chi connectivity index (χ1v) is 6.74. The molecule has 0 amide bonds. The topological polar surface area (TPSA) is 34.1 Å². The van der Waals surface area contributed by atoms with E-state index in [1.807, 2.05) is 0 Å². The molecule has 0 bridgehead atoms. The number of alkyl halides is 1. The van der Waals surface area contributed by atoms with Crippen molar-refractivity contribution in [3.05, 3.63) is 41.3 Å². The summed E-state index contributed by atoms with van der Waals surface area (Å²) in [4.78, 5) is 0.733. The third kappa shape index (κ3) is 2.25. The molecule has 0 aromatic heterocycles. The lowest BCUT2D eigenvalue weighted by molar-refractivity contribution is 0.602. The van der Waals surface area contributed by atoms with E-state index >= 15 is 0 Å². The third-order valence-corrected chi connectivity index (χ3v) is 4.79. The predicted molar refractivity (Wildman–Crippen MR) is 61.2 cm³/mol. The predicted octanol–water partition coefficient (Wildman–Crippen LogP) is 2.76. The van der Waals surface area contributed by atoms with Gasteiger partial charge in [-0.25, -0.2) is 8.42 Å². The number of benzene rings is 1. The highest BCUT2D eigenvalue weighted by atomic mass is 79.9. The van der Waals surface area contributed by atoms with Crippen LogP contribution in [0, 0.1) is 0 Å². The number of hydrogen-bond donors (Lipinski definition) is 0. The van der Waals surface area contributed by atoms with E-state index in [4.69, 9.17) is 0 Å². The molecule has 0 aliphatic carbocycles. The molecule has 0 aliphatic heterocycles. The zero-order valence-corrected chi connectivity index (χ0v) is 10.2. The van der Waals surface area contributed by atoms with Gasteiger partial charge in [0.05, 0.1) is 9.80 Å². The highest BCUT2D eigenvalue weighted by Crippen LogP contribution is 2.19. The molecular formula is C10H11BrO2S. The fraction of sp³-hybridized carbons (Fsp3) is 0.200. The van der Waals surface area contributed by atoms with Gasteiger partial charge in [-0.1, -0.05) is 40.2 Å². The first kappa shape index (κ1) is 11.5. The van der Waals surface area contributed by atoms with Crippen molar-refractivity contribution in [3.8, 4) is 0 Å². The number of allylic oxidation sites excluding steroid dienone is 2. The normalized spacial score (nSPS) is 12.9. The van der Waals surface area contributed by atoms with Crippen molar-refractivity contribution in [2.45, 2.75) is 11.8 Å². The number of hydrogen-bond acceptors (Lipinski definition) is 2. The van der Waals surface area contributed by atoms with Gasteiger partial charge in [0.1, 0.15) is 0 Å². The Morgan fingerprint density at radius 2 is 1.93 bits per heavy atom. The smallest absolute Gasteiger partial charge is 0.203 e. The average molecular weight is 275 g/mol. The zero-order valence-electron chi connectivity index (χ0n) is 7.77. The van der Waals surface area contributed by atoms with Gasteiger partial charge in [-0.05, 0) is 19.1 Å². The Balaban J connectivity index is 3.23. The van der Waals surface area contributed by atoms with Crippen molar-refractivity contribution in [2.24, 2.45) is 0 Å². The van der Waals surface area contributed by atoms with Crippen molar-refractivity contribution in [1.82, 2.24) is 0 Å². The summed E-state index contributed by atoms with van der Waals surface area (Å²) < 4.78 is 23.8. The van der Waals surface area contributed by atoms with Crippen LogP contribution in [-0.4, -0.2) is 13.7 Å². The lowest BCUT2D eigenvalue weighted by Gasteiger charge is -2.04. The minimum absolute atomic E-state index is 0.340. The molecule has 0 saturated heterocycles. The molecule has 1 aromatic rings. The highest BCUT2D eigenvalue weighted by molar-refractivity contribution is 9.09. The maximum Gasteiger partial charge on any atom is 0.203 e. The minimum Gasteiger partial charge on any atom is -0.219 e. The monoisotopic (exact) mass is 274 g/mol. The molecule has 1 aromatic carbocycles. The average Bonchev–Trinajstić information content (AvgIpc) is 2.20. The second kappa shape index (κ2) is 4.75. The largest absolute Gasteiger partial charge is 0.219 e. The molecule has 2 nitrogen and oxygen atoms in total. The van der Waals surface area contributed by atoms with Crippen LogP contribution in [0.25, 0.3) is 0 Å². The summed E-state index contributed by atoms with van der Waals surface area (Å²) >= 11 is 3.16. The van der Waals surface area contributed by atoms with Crippen LogP contribution in [0.4, 0.5) is 0 Å². The molecule has 0 N–H and O–H groups in total. The fourth-order valence-electron chi connectivity index (χ4n) is 1.06. The Morgan fingerprint density at radius 1 is 1.36 bits per heavy atom. The molecule has 0 radical (unpaired) electrons. The number of sulfone groups is 1. The maximum atomic E-state index is 11.9. The van der Waals surface area contributed by atoms with E-state index in [9.17, 15) is 8.42 Å². The summed E-state index contributed by atoms with van der Waals surface area (Å²) in [6.45, 7) is 1.72. The van der Waals surface area contributed by atoms with E-state index in [0.717, 1.165) is 0 Å². The molecule has 1 rings (SSSR count). The lowest BCUT2D eigenvalue weighted by atomic mass is 10.4. The molecule has 0 spiro atoms. The van der Waals surface area contributed by atoms with Gasteiger partial charge < -0.3 is 0 Å². The second-order valence-electron chi connectivity index (χ2n) is 2.71. The molecule has 0 fully saturated rings. The number of halogens is 1. The van der Waals surface area contributed by atoms with Crippen LogP contribution in [-0.2, 0) is 9.84 Å². The van der Waals surface area contributed by atoms with Crippen molar-refractivity contribution in [2.75, 3.05) is 5.33 Å². The maximum absolute atomic E-state index is 11.9. The Labute approximate surface area is 92.7 Å². The molecule has 0 aliphatic rings. The van der Waals surface area contributed by atoms with Gasteiger partial charge in [-0.15, -0.1) is 0 Å². The Bertz CT molecular complexity index is 421. The van der Waals surface area contributed by atoms with Crippen LogP contribution in [0.15, 0.2) is 46.2 Å². The SMILES string of the molecule is C/C=C(\CBr)S(=O)(=O)c1ccccc1.